The molecule has 1 saturated carbocycles. The van der Waals surface area contributed by atoms with E-state index < -0.39 is 0 Å². The summed E-state index contributed by atoms with van der Waals surface area (Å²) in [5.41, 5.74) is 0.777. The number of hydrogen-bond acceptors (Lipinski definition) is 6. The van der Waals surface area contributed by atoms with E-state index in [1.165, 1.54) is 11.3 Å². The zero-order valence-electron chi connectivity index (χ0n) is 13.1. The standard InChI is InChI=1S/C16H16N2O5S/c1-2-21-14(19)7-18-10-5-11-12(23-8-22-11)6-13(10)24-16(18)17-15(20)9-3-4-9/h5-6,9H,2-4,7-8H2,1H3. The van der Waals surface area contributed by atoms with Crippen molar-refractivity contribution in [3.63, 3.8) is 0 Å². The Kier molecular flexibility index (Phi) is 3.76. The summed E-state index contributed by atoms with van der Waals surface area (Å²) in [6, 6.07) is 3.67. The number of hydrogen-bond donors (Lipinski definition) is 0. The second-order valence-electron chi connectivity index (χ2n) is 5.67. The number of fused-ring (bicyclic) bond motifs is 2. The molecule has 126 valence electrons. The highest BCUT2D eigenvalue weighted by atomic mass is 32.1. The number of benzene rings is 1. The number of carbonyl (C=O) groups excluding carboxylic acids is 2. The summed E-state index contributed by atoms with van der Waals surface area (Å²) in [5, 5.41) is 0. The molecule has 0 radical (unpaired) electrons. The molecule has 0 bridgehead atoms. The van der Waals surface area contributed by atoms with E-state index in [4.69, 9.17) is 14.2 Å². The van der Waals surface area contributed by atoms with Crippen molar-refractivity contribution >= 4 is 33.4 Å². The quantitative estimate of drug-likeness (QED) is 0.788. The van der Waals surface area contributed by atoms with Crippen LogP contribution in [0.2, 0.25) is 0 Å². The highest BCUT2D eigenvalue weighted by Crippen LogP contribution is 2.37. The Bertz CT molecular complexity index is 894. The van der Waals surface area contributed by atoms with Gasteiger partial charge in [-0.05, 0) is 19.8 Å². The monoisotopic (exact) mass is 348 g/mol. The molecule has 7 nitrogen and oxygen atoms in total. The number of aromatic nitrogens is 1. The van der Waals surface area contributed by atoms with Crippen LogP contribution < -0.4 is 14.3 Å². The lowest BCUT2D eigenvalue weighted by Crippen LogP contribution is -2.23. The normalized spacial score (nSPS) is 16.6. The first kappa shape index (κ1) is 15.2. The van der Waals surface area contributed by atoms with Gasteiger partial charge in [-0.2, -0.15) is 4.99 Å². The first-order valence-corrected chi connectivity index (χ1v) is 8.64. The van der Waals surface area contributed by atoms with Crippen LogP contribution in [0.4, 0.5) is 0 Å². The SMILES string of the molecule is CCOC(=O)Cn1c(=NC(=O)C2CC2)sc2cc3c(cc21)OCO3. The lowest BCUT2D eigenvalue weighted by molar-refractivity contribution is -0.143. The molecule has 0 unspecified atom stereocenters. The Morgan fingerprint density at radius 1 is 1.33 bits per heavy atom. The Morgan fingerprint density at radius 2 is 2.08 bits per heavy atom. The number of thiazole rings is 1. The number of nitrogens with zero attached hydrogens (tertiary/aromatic N) is 2. The number of amides is 1. The summed E-state index contributed by atoms with van der Waals surface area (Å²) in [6.45, 7) is 2.25. The summed E-state index contributed by atoms with van der Waals surface area (Å²) < 4.78 is 18.4. The Labute approximate surface area is 141 Å². The lowest BCUT2D eigenvalue weighted by atomic mass is 10.3. The van der Waals surface area contributed by atoms with E-state index >= 15 is 0 Å². The Balaban J connectivity index is 1.83. The molecular weight excluding hydrogens is 332 g/mol. The van der Waals surface area contributed by atoms with Crippen molar-refractivity contribution in [1.29, 1.82) is 0 Å². The molecule has 2 aliphatic rings. The summed E-state index contributed by atoms with van der Waals surface area (Å²) in [6.07, 6.45) is 1.78. The van der Waals surface area contributed by atoms with Gasteiger partial charge < -0.3 is 18.8 Å². The van der Waals surface area contributed by atoms with E-state index in [9.17, 15) is 9.59 Å². The summed E-state index contributed by atoms with van der Waals surface area (Å²) in [7, 11) is 0. The van der Waals surface area contributed by atoms with Crippen LogP contribution in [-0.2, 0) is 20.9 Å². The minimum absolute atomic E-state index is 0.00423. The van der Waals surface area contributed by atoms with Crippen molar-refractivity contribution < 1.29 is 23.8 Å². The van der Waals surface area contributed by atoms with Crippen molar-refractivity contribution in [2.75, 3.05) is 13.4 Å². The zero-order chi connectivity index (χ0) is 16.7. The van der Waals surface area contributed by atoms with Crippen LogP contribution in [0, 0.1) is 5.92 Å². The van der Waals surface area contributed by atoms with Crippen LogP contribution in [0.15, 0.2) is 17.1 Å². The van der Waals surface area contributed by atoms with Crippen molar-refractivity contribution in [2.24, 2.45) is 10.9 Å². The predicted molar refractivity (Wildman–Crippen MR) is 85.9 cm³/mol. The van der Waals surface area contributed by atoms with Crippen LogP contribution in [0.25, 0.3) is 10.2 Å². The van der Waals surface area contributed by atoms with E-state index in [0.717, 1.165) is 23.1 Å². The van der Waals surface area contributed by atoms with E-state index in [0.29, 0.717) is 22.9 Å². The molecule has 0 atom stereocenters. The summed E-state index contributed by atoms with van der Waals surface area (Å²) >= 11 is 1.36. The molecule has 1 aliphatic carbocycles. The number of ether oxygens (including phenoxy) is 3. The van der Waals surface area contributed by atoms with Crippen LogP contribution in [0.1, 0.15) is 19.8 Å². The fourth-order valence-electron chi connectivity index (χ4n) is 2.55. The molecule has 0 N–H and O–H groups in total. The molecule has 0 spiro atoms. The maximum atomic E-state index is 12.1. The van der Waals surface area contributed by atoms with Gasteiger partial charge in [-0.25, -0.2) is 0 Å². The van der Waals surface area contributed by atoms with Crippen LogP contribution in [-0.4, -0.2) is 29.8 Å². The van der Waals surface area contributed by atoms with Gasteiger partial charge >= 0.3 is 5.97 Å². The van der Waals surface area contributed by atoms with Gasteiger partial charge in [0, 0.05) is 18.1 Å². The first-order chi connectivity index (χ1) is 11.7. The maximum Gasteiger partial charge on any atom is 0.326 e. The van der Waals surface area contributed by atoms with Gasteiger partial charge in [0.15, 0.2) is 16.3 Å². The average molecular weight is 348 g/mol. The fraction of sp³-hybridized carbons (Fsp3) is 0.438. The molecule has 2 aromatic rings. The lowest BCUT2D eigenvalue weighted by Gasteiger charge is -2.05. The van der Waals surface area contributed by atoms with Gasteiger partial charge in [0.25, 0.3) is 5.91 Å². The summed E-state index contributed by atoms with van der Waals surface area (Å²) in [4.78, 5) is 28.8. The van der Waals surface area contributed by atoms with Gasteiger partial charge in [-0.15, -0.1) is 0 Å². The van der Waals surface area contributed by atoms with Gasteiger partial charge in [-0.1, -0.05) is 11.3 Å². The smallest absolute Gasteiger partial charge is 0.326 e. The van der Waals surface area contributed by atoms with Crippen molar-refractivity contribution in [3.8, 4) is 11.5 Å². The largest absolute Gasteiger partial charge is 0.465 e. The zero-order valence-corrected chi connectivity index (χ0v) is 13.9. The third kappa shape index (κ3) is 2.77. The Morgan fingerprint density at radius 3 is 2.79 bits per heavy atom. The minimum atomic E-state index is -0.366. The fourth-order valence-corrected chi connectivity index (χ4v) is 3.59. The van der Waals surface area contributed by atoms with Crippen molar-refractivity contribution in [3.05, 3.63) is 16.9 Å². The molecule has 0 saturated heterocycles. The molecular formula is C16H16N2O5S. The number of rotatable bonds is 4. The average Bonchev–Trinajstić information content (AvgIpc) is 3.23. The molecule has 1 aromatic heterocycles. The predicted octanol–water partition coefficient (Wildman–Crippen LogP) is 1.83. The van der Waals surface area contributed by atoms with Gasteiger partial charge in [-0.3, -0.25) is 9.59 Å². The number of carbonyl (C=O) groups is 2. The van der Waals surface area contributed by atoms with E-state index in [1.807, 2.05) is 12.1 Å². The second-order valence-corrected chi connectivity index (χ2v) is 6.68. The topological polar surface area (TPSA) is 79.1 Å². The molecule has 2 heterocycles. The molecule has 1 aliphatic heterocycles. The van der Waals surface area contributed by atoms with E-state index in [1.54, 1.807) is 11.5 Å². The highest BCUT2D eigenvalue weighted by Gasteiger charge is 2.29. The first-order valence-electron chi connectivity index (χ1n) is 7.83. The number of esters is 1. The van der Waals surface area contributed by atoms with E-state index in [-0.39, 0.29) is 31.1 Å². The highest BCUT2D eigenvalue weighted by molar-refractivity contribution is 7.16. The molecule has 8 heteroatoms. The minimum Gasteiger partial charge on any atom is -0.465 e. The molecule has 1 aromatic carbocycles. The van der Waals surface area contributed by atoms with Crippen molar-refractivity contribution in [1.82, 2.24) is 4.57 Å². The van der Waals surface area contributed by atoms with E-state index in [2.05, 4.69) is 4.99 Å². The van der Waals surface area contributed by atoms with Crippen LogP contribution in [0.3, 0.4) is 0 Å². The van der Waals surface area contributed by atoms with Crippen molar-refractivity contribution in [2.45, 2.75) is 26.3 Å². The molecule has 1 amide bonds. The Hall–Kier alpha value is -2.35. The van der Waals surface area contributed by atoms with Gasteiger partial charge in [0.2, 0.25) is 6.79 Å². The molecule has 4 rings (SSSR count). The van der Waals surface area contributed by atoms with Crippen LogP contribution in [0.5, 0.6) is 11.5 Å². The second kappa shape index (κ2) is 5.94. The molecule has 1 fully saturated rings. The summed E-state index contributed by atoms with van der Waals surface area (Å²) in [5.74, 6) is 0.822. The van der Waals surface area contributed by atoms with Gasteiger partial charge in [0.05, 0.1) is 16.8 Å². The third-order valence-corrected chi connectivity index (χ3v) is 4.94. The van der Waals surface area contributed by atoms with Gasteiger partial charge in [0.1, 0.15) is 6.54 Å². The third-order valence-electron chi connectivity index (χ3n) is 3.90. The van der Waals surface area contributed by atoms with Crippen LogP contribution >= 0.6 is 11.3 Å². The maximum absolute atomic E-state index is 12.1. The molecule has 24 heavy (non-hydrogen) atoms.